The van der Waals surface area contributed by atoms with Crippen LogP contribution in [-0.2, 0) is 14.9 Å². The molecule has 0 amide bonds. The zero-order valence-corrected chi connectivity index (χ0v) is 20.7. The fraction of sp³-hybridized carbons (Fsp3) is 0.478. The van der Waals surface area contributed by atoms with Crippen LogP contribution in [0.3, 0.4) is 0 Å². The molecular formula is C23H32F5N3O3S. The van der Waals surface area contributed by atoms with Gasteiger partial charge in [0.05, 0.1) is 18.5 Å². The fourth-order valence-electron chi connectivity index (χ4n) is 3.96. The van der Waals surface area contributed by atoms with Crippen LogP contribution in [-0.4, -0.2) is 50.5 Å². The number of benzene rings is 1. The summed E-state index contributed by atoms with van der Waals surface area (Å²) in [6.07, 6.45) is 2.14. The Morgan fingerprint density at radius 1 is 1.34 bits per heavy atom. The van der Waals surface area contributed by atoms with Crippen LogP contribution in [0, 0.1) is 11.6 Å². The number of hydrogen-bond donors (Lipinski definition) is 2. The monoisotopic (exact) mass is 525 g/mol. The SMILES string of the molecule is C=C/C=C\C(F)=C(/F)c1cc(F)cc(F)c1C1CC(N2C[C@@H](NS(C)(=O)=O)[C@@](C)(F)C2)NO1.CC.[HH]. The van der Waals surface area contributed by atoms with E-state index in [0.717, 1.165) is 18.4 Å². The van der Waals surface area contributed by atoms with Gasteiger partial charge in [-0.25, -0.2) is 35.1 Å². The van der Waals surface area contributed by atoms with Gasteiger partial charge >= 0.3 is 0 Å². The van der Waals surface area contributed by atoms with E-state index in [2.05, 4.69) is 16.8 Å². The highest BCUT2D eigenvalue weighted by atomic mass is 32.2. The first kappa shape index (κ1) is 29.1. The molecule has 35 heavy (non-hydrogen) atoms. The highest BCUT2D eigenvalue weighted by molar-refractivity contribution is 7.88. The zero-order valence-electron chi connectivity index (χ0n) is 19.9. The minimum Gasteiger partial charge on any atom is -0.292 e. The van der Waals surface area contributed by atoms with Gasteiger partial charge in [-0.1, -0.05) is 32.6 Å². The van der Waals surface area contributed by atoms with Crippen molar-refractivity contribution in [3.63, 3.8) is 0 Å². The highest BCUT2D eigenvalue weighted by Gasteiger charge is 2.48. The summed E-state index contributed by atoms with van der Waals surface area (Å²) in [5.74, 6) is -5.08. The molecular weight excluding hydrogens is 493 g/mol. The number of halogens is 5. The van der Waals surface area contributed by atoms with Crippen molar-refractivity contribution in [1.29, 1.82) is 0 Å². The maximum Gasteiger partial charge on any atom is 0.209 e. The summed E-state index contributed by atoms with van der Waals surface area (Å²) >= 11 is 0. The number of nitrogens with one attached hydrogen (secondary N) is 2. The second-order valence-electron chi connectivity index (χ2n) is 8.23. The number of allylic oxidation sites excluding steroid dienone is 4. The molecule has 12 heteroatoms. The Hall–Kier alpha value is -2.12. The Morgan fingerprint density at radius 3 is 2.60 bits per heavy atom. The van der Waals surface area contributed by atoms with Crippen LogP contribution in [0.1, 0.15) is 45.8 Å². The van der Waals surface area contributed by atoms with Crippen LogP contribution >= 0.6 is 0 Å². The largest absolute Gasteiger partial charge is 0.292 e. The molecule has 2 fully saturated rings. The van der Waals surface area contributed by atoms with Gasteiger partial charge in [-0.3, -0.25) is 9.74 Å². The normalized spacial score (nSPS) is 28.1. The van der Waals surface area contributed by atoms with Crippen LogP contribution < -0.4 is 10.2 Å². The zero-order chi connectivity index (χ0) is 26.6. The van der Waals surface area contributed by atoms with Crippen molar-refractivity contribution in [2.75, 3.05) is 19.3 Å². The maximum atomic E-state index is 14.9. The number of hydroxylamine groups is 1. The molecule has 1 aromatic carbocycles. The predicted molar refractivity (Wildman–Crippen MR) is 127 cm³/mol. The third-order valence-corrected chi connectivity index (χ3v) is 6.19. The number of hydrogen-bond acceptors (Lipinski definition) is 5. The van der Waals surface area contributed by atoms with Crippen molar-refractivity contribution in [1.82, 2.24) is 15.1 Å². The molecule has 1 aromatic rings. The van der Waals surface area contributed by atoms with Gasteiger partial charge in [0.1, 0.15) is 23.4 Å². The second-order valence-corrected chi connectivity index (χ2v) is 10.0. The molecule has 2 saturated heterocycles. The van der Waals surface area contributed by atoms with Gasteiger partial charge < -0.3 is 0 Å². The summed E-state index contributed by atoms with van der Waals surface area (Å²) in [6, 6.07) is 0.158. The van der Waals surface area contributed by atoms with Gasteiger partial charge in [0.15, 0.2) is 11.7 Å². The molecule has 2 unspecified atom stereocenters. The first-order valence-electron chi connectivity index (χ1n) is 11.0. The Bertz CT molecular complexity index is 1100. The van der Waals surface area contributed by atoms with Gasteiger partial charge in [-0.15, -0.1) is 0 Å². The van der Waals surface area contributed by atoms with E-state index in [9.17, 15) is 30.4 Å². The topological polar surface area (TPSA) is 70.7 Å². The summed E-state index contributed by atoms with van der Waals surface area (Å²) in [5, 5.41) is 0. The number of alkyl halides is 1. The van der Waals surface area contributed by atoms with Gasteiger partial charge in [0.2, 0.25) is 10.0 Å². The molecule has 2 heterocycles. The highest BCUT2D eigenvalue weighted by Crippen LogP contribution is 2.39. The standard InChI is InChI=1S/C21H24F5N3O3S.C2H6.H2/c1-4-5-6-14(23)20(25)13-7-12(22)8-15(24)19(13)16-9-18(27-32-16)29-10-17(21(2,26)11-29)28-33(3,30)31;1-2;/h4-8,16-18,27-28H,1,9-11H2,2-3H3;1-2H3;1H/b6-5-,20-14+;;/t16?,17-,18?,21+;;/m1../s1. The average molecular weight is 526 g/mol. The van der Waals surface area contributed by atoms with E-state index in [4.69, 9.17) is 4.84 Å². The molecule has 198 valence electrons. The maximum absolute atomic E-state index is 14.9. The second kappa shape index (κ2) is 11.7. The van der Waals surface area contributed by atoms with E-state index in [1.54, 1.807) is 4.90 Å². The molecule has 0 saturated carbocycles. The van der Waals surface area contributed by atoms with Crippen molar-refractivity contribution >= 4 is 15.9 Å². The fourth-order valence-corrected chi connectivity index (χ4v) is 4.80. The van der Waals surface area contributed by atoms with Gasteiger partial charge in [-0.05, 0) is 19.1 Å². The van der Waals surface area contributed by atoms with Gasteiger partial charge in [0, 0.05) is 38.1 Å². The lowest BCUT2D eigenvalue weighted by molar-refractivity contribution is 0.00401. The first-order valence-corrected chi connectivity index (χ1v) is 12.9. The average Bonchev–Trinajstić information content (AvgIpc) is 3.35. The molecule has 2 aliphatic heterocycles. The Balaban J connectivity index is 0.00000211. The van der Waals surface area contributed by atoms with Crippen LogP contribution in [0.25, 0.3) is 5.83 Å². The number of rotatable bonds is 7. The van der Waals surface area contributed by atoms with E-state index in [-0.39, 0.29) is 20.9 Å². The van der Waals surface area contributed by atoms with Gasteiger partial charge in [0.25, 0.3) is 0 Å². The molecule has 2 aliphatic rings. The van der Waals surface area contributed by atoms with Crippen LogP contribution in [0.4, 0.5) is 22.0 Å². The third kappa shape index (κ3) is 7.20. The Labute approximate surface area is 204 Å². The lowest BCUT2D eigenvalue weighted by Gasteiger charge is -2.22. The van der Waals surface area contributed by atoms with E-state index in [1.807, 2.05) is 13.8 Å². The van der Waals surface area contributed by atoms with Crippen LogP contribution in [0.5, 0.6) is 0 Å². The molecule has 4 atom stereocenters. The molecule has 2 N–H and O–H groups in total. The summed E-state index contributed by atoms with van der Waals surface area (Å²) in [6.45, 7) is 8.41. The predicted octanol–water partition coefficient (Wildman–Crippen LogP) is 4.84. The van der Waals surface area contributed by atoms with E-state index in [1.165, 1.54) is 13.0 Å². The quantitative estimate of drug-likeness (QED) is 0.394. The minimum atomic E-state index is -3.67. The van der Waals surface area contributed by atoms with E-state index >= 15 is 0 Å². The third-order valence-electron chi connectivity index (χ3n) is 5.48. The summed E-state index contributed by atoms with van der Waals surface area (Å²) in [4.78, 5) is 6.94. The summed E-state index contributed by atoms with van der Waals surface area (Å²) in [5.41, 5.74) is -0.353. The number of likely N-dealkylation sites (tertiary alicyclic amines) is 1. The van der Waals surface area contributed by atoms with Crippen molar-refractivity contribution in [2.45, 2.75) is 51.2 Å². The summed E-state index contributed by atoms with van der Waals surface area (Å²) in [7, 11) is -3.67. The smallest absolute Gasteiger partial charge is 0.209 e. The first-order chi connectivity index (χ1) is 16.3. The van der Waals surface area contributed by atoms with E-state index < -0.39 is 68.4 Å². The lowest BCUT2D eigenvalue weighted by Crippen LogP contribution is -2.47. The van der Waals surface area contributed by atoms with Gasteiger partial charge in [-0.2, -0.15) is 5.48 Å². The molecule has 3 rings (SSSR count). The molecule has 0 aromatic heterocycles. The molecule has 6 nitrogen and oxygen atoms in total. The molecule has 0 bridgehead atoms. The molecule has 0 aliphatic carbocycles. The Morgan fingerprint density at radius 2 is 2.00 bits per heavy atom. The Kier molecular flexibility index (Phi) is 9.77. The molecule has 0 spiro atoms. The lowest BCUT2D eigenvalue weighted by atomic mass is 9.97. The number of sulfonamides is 1. The van der Waals surface area contributed by atoms with Crippen molar-refractivity contribution in [3.8, 4) is 0 Å². The van der Waals surface area contributed by atoms with Crippen molar-refractivity contribution in [3.05, 3.63) is 65.5 Å². The molecule has 0 radical (unpaired) electrons. The van der Waals surface area contributed by atoms with Crippen LogP contribution in [0.15, 0.2) is 42.8 Å². The van der Waals surface area contributed by atoms with Crippen molar-refractivity contribution < 1.29 is 36.6 Å². The van der Waals surface area contributed by atoms with E-state index in [0.29, 0.717) is 12.1 Å². The minimum absolute atomic E-state index is 0. The number of nitrogens with zero attached hydrogens (tertiary/aromatic N) is 1. The van der Waals surface area contributed by atoms with Crippen LogP contribution in [0.2, 0.25) is 0 Å². The van der Waals surface area contributed by atoms with Crippen molar-refractivity contribution in [2.24, 2.45) is 0 Å². The summed E-state index contributed by atoms with van der Waals surface area (Å²) < 4.78 is 97.6.